The van der Waals surface area contributed by atoms with Gasteiger partial charge in [-0.1, -0.05) is 12.1 Å². The summed E-state index contributed by atoms with van der Waals surface area (Å²) in [4.78, 5) is 25.1. The van der Waals surface area contributed by atoms with Crippen LogP contribution in [0.3, 0.4) is 0 Å². The number of nitrogens with zero attached hydrogens (tertiary/aromatic N) is 1. The zero-order valence-corrected chi connectivity index (χ0v) is 11.7. The largest absolute Gasteiger partial charge is 0.497 e. The molecular weight excluding hydrogens is 256 g/mol. The highest BCUT2D eigenvalue weighted by atomic mass is 16.5. The van der Waals surface area contributed by atoms with E-state index >= 15 is 0 Å². The van der Waals surface area contributed by atoms with Gasteiger partial charge in [0, 0.05) is 32.5 Å². The average Bonchev–Trinajstić information content (AvgIpc) is 2.70. The fraction of sp³-hybridized carbons (Fsp3) is 0.467. The number of hydrogen-bond acceptors (Lipinski definition) is 3. The van der Waals surface area contributed by atoms with Crippen LogP contribution >= 0.6 is 0 Å². The SMILES string of the molecule is COc1cccc(CCC(=O)N2CCNC(=O)CC2)c1. The number of amides is 2. The average molecular weight is 276 g/mol. The predicted molar refractivity (Wildman–Crippen MR) is 75.5 cm³/mol. The standard InChI is InChI=1S/C15H20N2O3/c1-20-13-4-2-3-12(11-13)5-6-15(19)17-9-7-14(18)16-8-10-17/h2-4,11H,5-10H2,1H3,(H,16,18). The van der Waals surface area contributed by atoms with E-state index < -0.39 is 0 Å². The summed E-state index contributed by atoms with van der Waals surface area (Å²) in [6.45, 7) is 1.66. The Bertz CT molecular complexity index is 488. The van der Waals surface area contributed by atoms with Crippen LogP contribution in [0.5, 0.6) is 5.75 Å². The molecule has 1 N–H and O–H groups in total. The summed E-state index contributed by atoms with van der Waals surface area (Å²) in [6.07, 6.45) is 1.54. The first kappa shape index (κ1) is 14.4. The lowest BCUT2D eigenvalue weighted by Crippen LogP contribution is -2.34. The summed E-state index contributed by atoms with van der Waals surface area (Å²) in [5, 5.41) is 2.77. The second-order valence-electron chi connectivity index (χ2n) is 4.83. The number of benzene rings is 1. The molecule has 0 saturated carbocycles. The lowest BCUT2D eigenvalue weighted by Gasteiger charge is -2.19. The number of carbonyl (C=O) groups excluding carboxylic acids is 2. The molecule has 1 fully saturated rings. The molecule has 1 aliphatic rings. The third kappa shape index (κ3) is 3.98. The molecule has 5 nitrogen and oxygen atoms in total. The molecule has 2 rings (SSSR count). The van der Waals surface area contributed by atoms with Crippen molar-refractivity contribution in [3.05, 3.63) is 29.8 Å². The van der Waals surface area contributed by atoms with E-state index in [9.17, 15) is 9.59 Å². The Morgan fingerprint density at radius 2 is 2.25 bits per heavy atom. The number of nitrogens with one attached hydrogen (secondary N) is 1. The molecule has 1 heterocycles. The number of carbonyl (C=O) groups is 2. The second kappa shape index (κ2) is 6.93. The first-order valence-corrected chi connectivity index (χ1v) is 6.86. The highest BCUT2D eigenvalue weighted by molar-refractivity contribution is 5.80. The molecule has 1 aromatic carbocycles. The molecule has 0 aliphatic carbocycles. The number of hydrogen-bond donors (Lipinski definition) is 1. The quantitative estimate of drug-likeness (QED) is 0.891. The fourth-order valence-corrected chi connectivity index (χ4v) is 2.25. The molecule has 0 atom stereocenters. The summed E-state index contributed by atoms with van der Waals surface area (Å²) in [7, 11) is 1.63. The van der Waals surface area contributed by atoms with Gasteiger partial charge in [0.05, 0.1) is 7.11 Å². The molecule has 1 aromatic rings. The highest BCUT2D eigenvalue weighted by Gasteiger charge is 2.17. The van der Waals surface area contributed by atoms with Crippen molar-refractivity contribution in [3.8, 4) is 5.75 Å². The summed E-state index contributed by atoms with van der Waals surface area (Å²) in [6, 6.07) is 7.74. The minimum absolute atomic E-state index is 0.0214. The molecule has 0 bridgehead atoms. The van der Waals surface area contributed by atoms with E-state index in [0.717, 1.165) is 11.3 Å². The molecular formula is C15H20N2O3. The summed E-state index contributed by atoms with van der Waals surface area (Å²) >= 11 is 0. The van der Waals surface area contributed by atoms with Crippen LogP contribution in [0.25, 0.3) is 0 Å². The zero-order chi connectivity index (χ0) is 14.4. The summed E-state index contributed by atoms with van der Waals surface area (Å²) < 4.78 is 5.17. The van der Waals surface area contributed by atoms with Crippen molar-refractivity contribution in [3.63, 3.8) is 0 Å². The van der Waals surface area contributed by atoms with E-state index in [1.54, 1.807) is 12.0 Å². The van der Waals surface area contributed by atoms with Crippen LogP contribution in [0.1, 0.15) is 18.4 Å². The number of methoxy groups -OCH3 is 1. The third-order valence-electron chi connectivity index (χ3n) is 3.43. The maximum Gasteiger partial charge on any atom is 0.222 e. The van der Waals surface area contributed by atoms with Crippen molar-refractivity contribution in [2.45, 2.75) is 19.3 Å². The highest BCUT2D eigenvalue weighted by Crippen LogP contribution is 2.14. The Kier molecular flexibility index (Phi) is 4.98. The van der Waals surface area contributed by atoms with Crippen molar-refractivity contribution >= 4 is 11.8 Å². The monoisotopic (exact) mass is 276 g/mol. The maximum absolute atomic E-state index is 12.1. The van der Waals surface area contributed by atoms with E-state index in [1.165, 1.54) is 0 Å². The number of ether oxygens (including phenoxy) is 1. The lowest BCUT2D eigenvalue weighted by atomic mass is 10.1. The predicted octanol–water partition coefficient (Wildman–Crippen LogP) is 0.976. The maximum atomic E-state index is 12.1. The second-order valence-corrected chi connectivity index (χ2v) is 4.83. The van der Waals surface area contributed by atoms with Gasteiger partial charge in [-0.15, -0.1) is 0 Å². The van der Waals surface area contributed by atoms with Crippen LogP contribution in [0.2, 0.25) is 0 Å². The molecule has 0 radical (unpaired) electrons. The Balaban J connectivity index is 1.86. The van der Waals surface area contributed by atoms with Crippen molar-refractivity contribution in [1.29, 1.82) is 0 Å². The van der Waals surface area contributed by atoms with Gasteiger partial charge < -0.3 is 15.0 Å². The van der Waals surface area contributed by atoms with Crippen molar-refractivity contribution in [2.75, 3.05) is 26.7 Å². The number of rotatable bonds is 4. The molecule has 0 unspecified atom stereocenters. The normalized spacial score (nSPS) is 15.4. The topological polar surface area (TPSA) is 58.6 Å². The fourth-order valence-electron chi connectivity index (χ4n) is 2.25. The Morgan fingerprint density at radius 1 is 1.40 bits per heavy atom. The van der Waals surface area contributed by atoms with Crippen LogP contribution < -0.4 is 10.1 Å². The van der Waals surface area contributed by atoms with Crippen LogP contribution in [0, 0.1) is 0 Å². The van der Waals surface area contributed by atoms with Crippen LogP contribution in [-0.2, 0) is 16.0 Å². The van der Waals surface area contributed by atoms with Gasteiger partial charge in [0.25, 0.3) is 0 Å². The molecule has 0 aromatic heterocycles. The van der Waals surface area contributed by atoms with E-state index in [1.807, 2.05) is 24.3 Å². The van der Waals surface area contributed by atoms with Crippen molar-refractivity contribution in [1.82, 2.24) is 10.2 Å². The van der Waals surface area contributed by atoms with Gasteiger partial charge in [0.15, 0.2) is 0 Å². The van der Waals surface area contributed by atoms with Gasteiger partial charge in [-0.25, -0.2) is 0 Å². The van der Waals surface area contributed by atoms with E-state index in [0.29, 0.717) is 38.9 Å². The summed E-state index contributed by atoms with van der Waals surface area (Å²) in [5.41, 5.74) is 1.08. The summed E-state index contributed by atoms with van der Waals surface area (Å²) in [5.74, 6) is 0.928. The van der Waals surface area contributed by atoms with Gasteiger partial charge >= 0.3 is 0 Å². The Hall–Kier alpha value is -2.04. The van der Waals surface area contributed by atoms with Crippen molar-refractivity contribution < 1.29 is 14.3 Å². The van der Waals surface area contributed by atoms with Gasteiger partial charge in [-0.3, -0.25) is 9.59 Å². The smallest absolute Gasteiger partial charge is 0.222 e. The Labute approximate surface area is 118 Å². The molecule has 108 valence electrons. The van der Waals surface area contributed by atoms with E-state index in [-0.39, 0.29) is 11.8 Å². The van der Waals surface area contributed by atoms with Crippen LogP contribution in [-0.4, -0.2) is 43.5 Å². The minimum atomic E-state index is 0.0214. The number of aryl methyl sites for hydroxylation is 1. The van der Waals surface area contributed by atoms with E-state index in [4.69, 9.17) is 4.74 Å². The third-order valence-corrected chi connectivity index (χ3v) is 3.43. The first-order chi connectivity index (χ1) is 9.69. The first-order valence-electron chi connectivity index (χ1n) is 6.86. The van der Waals surface area contributed by atoms with Crippen LogP contribution in [0.15, 0.2) is 24.3 Å². The zero-order valence-electron chi connectivity index (χ0n) is 11.7. The molecule has 20 heavy (non-hydrogen) atoms. The lowest BCUT2D eigenvalue weighted by molar-refractivity contribution is -0.131. The Morgan fingerprint density at radius 3 is 3.05 bits per heavy atom. The molecule has 1 aliphatic heterocycles. The minimum Gasteiger partial charge on any atom is -0.497 e. The van der Waals surface area contributed by atoms with Gasteiger partial charge in [-0.05, 0) is 24.1 Å². The van der Waals surface area contributed by atoms with Gasteiger partial charge in [0.1, 0.15) is 5.75 Å². The molecule has 5 heteroatoms. The van der Waals surface area contributed by atoms with Gasteiger partial charge in [-0.2, -0.15) is 0 Å². The van der Waals surface area contributed by atoms with Crippen LogP contribution in [0.4, 0.5) is 0 Å². The molecule has 0 spiro atoms. The van der Waals surface area contributed by atoms with E-state index in [2.05, 4.69) is 5.32 Å². The van der Waals surface area contributed by atoms with Crippen molar-refractivity contribution in [2.24, 2.45) is 0 Å². The molecule has 1 saturated heterocycles. The van der Waals surface area contributed by atoms with Gasteiger partial charge in [0.2, 0.25) is 11.8 Å². The molecule has 2 amide bonds.